The number of aromatic nitrogens is 1. The molecule has 0 amide bonds. The summed E-state index contributed by atoms with van der Waals surface area (Å²) in [5.74, 6) is -1.11. The first-order valence-corrected chi connectivity index (χ1v) is 6.06. The zero-order valence-corrected chi connectivity index (χ0v) is 10.1. The summed E-state index contributed by atoms with van der Waals surface area (Å²) < 4.78 is 26.9. The van der Waals surface area contributed by atoms with Crippen LogP contribution in [-0.4, -0.2) is 4.98 Å². The van der Waals surface area contributed by atoms with Crippen molar-refractivity contribution in [3.63, 3.8) is 0 Å². The molecular formula is C12H12F2N2S. The van der Waals surface area contributed by atoms with Crippen LogP contribution in [0.1, 0.15) is 22.2 Å². The van der Waals surface area contributed by atoms with Gasteiger partial charge in [-0.1, -0.05) is 6.07 Å². The molecule has 90 valence electrons. The van der Waals surface area contributed by atoms with E-state index >= 15 is 0 Å². The third kappa shape index (κ3) is 2.50. The zero-order chi connectivity index (χ0) is 12.4. The van der Waals surface area contributed by atoms with E-state index in [1.807, 2.05) is 6.92 Å². The molecule has 2 rings (SSSR count). The maximum Gasteiger partial charge on any atom is 0.129 e. The minimum atomic E-state index is -0.553. The van der Waals surface area contributed by atoms with Crippen LogP contribution < -0.4 is 5.73 Å². The van der Waals surface area contributed by atoms with Crippen molar-refractivity contribution >= 4 is 11.3 Å². The molecule has 1 unspecified atom stereocenters. The first kappa shape index (κ1) is 12.1. The Morgan fingerprint density at radius 2 is 2.00 bits per heavy atom. The summed E-state index contributed by atoms with van der Waals surface area (Å²) in [5, 5.41) is 0. The van der Waals surface area contributed by atoms with Crippen LogP contribution in [0.2, 0.25) is 0 Å². The van der Waals surface area contributed by atoms with E-state index in [9.17, 15) is 8.78 Å². The number of hydrogen-bond donors (Lipinski definition) is 1. The molecule has 0 spiro atoms. The molecule has 0 aliphatic heterocycles. The lowest BCUT2D eigenvalue weighted by Crippen LogP contribution is -2.15. The second-order valence-electron chi connectivity index (χ2n) is 3.81. The van der Waals surface area contributed by atoms with Gasteiger partial charge in [0.25, 0.3) is 0 Å². The molecule has 0 saturated carbocycles. The predicted octanol–water partition coefficient (Wildman–Crippen LogP) is 2.97. The van der Waals surface area contributed by atoms with E-state index in [-0.39, 0.29) is 12.0 Å². The average molecular weight is 254 g/mol. The van der Waals surface area contributed by atoms with Gasteiger partial charge in [-0.05, 0) is 25.5 Å². The fourth-order valence-corrected chi connectivity index (χ4v) is 2.51. The van der Waals surface area contributed by atoms with Gasteiger partial charge in [0.15, 0.2) is 0 Å². The third-order valence-corrected chi connectivity index (χ3v) is 3.67. The number of aryl methyl sites for hydroxylation is 1. The quantitative estimate of drug-likeness (QED) is 0.914. The van der Waals surface area contributed by atoms with Gasteiger partial charge in [-0.3, -0.25) is 0 Å². The maximum atomic E-state index is 13.4. The fourth-order valence-electron chi connectivity index (χ4n) is 1.71. The van der Waals surface area contributed by atoms with Crippen LogP contribution in [-0.2, 0) is 6.42 Å². The lowest BCUT2D eigenvalue weighted by Gasteiger charge is -2.11. The highest BCUT2D eigenvalue weighted by atomic mass is 32.1. The van der Waals surface area contributed by atoms with Crippen molar-refractivity contribution < 1.29 is 8.78 Å². The zero-order valence-electron chi connectivity index (χ0n) is 9.28. The number of benzene rings is 1. The standard InChI is InChI=1S/C12H12F2N2S/c1-7-12(17-6-16-7)11(15)5-8-9(13)3-2-4-10(8)14/h2-4,6,11H,5,15H2,1H3. The van der Waals surface area contributed by atoms with Gasteiger partial charge in [0.05, 0.1) is 11.2 Å². The van der Waals surface area contributed by atoms with Crippen LogP contribution in [0, 0.1) is 18.6 Å². The molecule has 2 N–H and O–H groups in total. The molecule has 0 aliphatic carbocycles. The highest BCUT2D eigenvalue weighted by molar-refractivity contribution is 7.09. The number of halogens is 2. The Labute approximate surface area is 102 Å². The van der Waals surface area contributed by atoms with Gasteiger partial charge in [-0.15, -0.1) is 11.3 Å². The Hall–Kier alpha value is -1.33. The molecule has 0 bridgehead atoms. The van der Waals surface area contributed by atoms with E-state index in [0.29, 0.717) is 0 Å². The minimum Gasteiger partial charge on any atom is -0.323 e. The third-order valence-electron chi connectivity index (χ3n) is 2.61. The molecule has 0 fully saturated rings. The smallest absolute Gasteiger partial charge is 0.129 e. The van der Waals surface area contributed by atoms with Crippen molar-refractivity contribution in [3.8, 4) is 0 Å². The van der Waals surface area contributed by atoms with Crippen molar-refractivity contribution in [2.75, 3.05) is 0 Å². The minimum absolute atomic E-state index is 0.0350. The Balaban J connectivity index is 2.25. The predicted molar refractivity (Wildman–Crippen MR) is 63.8 cm³/mol. The topological polar surface area (TPSA) is 38.9 Å². The van der Waals surface area contributed by atoms with Crippen molar-refractivity contribution in [2.24, 2.45) is 5.73 Å². The van der Waals surface area contributed by atoms with E-state index in [1.54, 1.807) is 5.51 Å². The van der Waals surface area contributed by atoms with Crippen molar-refractivity contribution in [2.45, 2.75) is 19.4 Å². The molecule has 0 aliphatic rings. The van der Waals surface area contributed by atoms with Gasteiger partial charge >= 0.3 is 0 Å². The molecule has 0 radical (unpaired) electrons. The number of nitrogens with two attached hydrogens (primary N) is 1. The van der Waals surface area contributed by atoms with E-state index < -0.39 is 17.7 Å². The summed E-state index contributed by atoms with van der Waals surface area (Å²) >= 11 is 1.41. The molecule has 1 atom stereocenters. The molecule has 1 aromatic carbocycles. The Bertz CT molecular complexity index is 505. The lowest BCUT2D eigenvalue weighted by molar-refractivity contribution is 0.540. The second-order valence-corrected chi connectivity index (χ2v) is 4.70. The van der Waals surface area contributed by atoms with E-state index in [0.717, 1.165) is 10.6 Å². The molecule has 0 saturated heterocycles. The van der Waals surface area contributed by atoms with Crippen molar-refractivity contribution in [3.05, 3.63) is 51.5 Å². The van der Waals surface area contributed by atoms with E-state index in [2.05, 4.69) is 4.98 Å². The first-order valence-electron chi connectivity index (χ1n) is 5.18. The van der Waals surface area contributed by atoms with Gasteiger partial charge < -0.3 is 5.73 Å². The number of hydrogen-bond acceptors (Lipinski definition) is 3. The monoisotopic (exact) mass is 254 g/mol. The highest BCUT2D eigenvalue weighted by Gasteiger charge is 2.17. The van der Waals surface area contributed by atoms with Crippen LogP contribution in [0.25, 0.3) is 0 Å². The molecule has 5 heteroatoms. The van der Waals surface area contributed by atoms with Gasteiger partial charge in [0.2, 0.25) is 0 Å². The van der Waals surface area contributed by atoms with E-state index in [1.165, 1.54) is 29.5 Å². The molecule has 2 nitrogen and oxygen atoms in total. The SMILES string of the molecule is Cc1ncsc1C(N)Cc1c(F)cccc1F. The Kier molecular flexibility index (Phi) is 3.49. The lowest BCUT2D eigenvalue weighted by atomic mass is 10.0. The van der Waals surface area contributed by atoms with Crippen molar-refractivity contribution in [1.29, 1.82) is 0 Å². The molecule has 17 heavy (non-hydrogen) atoms. The van der Waals surface area contributed by atoms with Crippen LogP contribution in [0.3, 0.4) is 0 Å². The normalized spacial score (nSPS) is 12.7. The molecule has 1 heterocycles. The Morgan fingerprint density at radius 3 is 2.53 bits per heavy atom. The van der Waals surface area contributed by atoms with Gasteiger partial charge in [-0.2, -0.15) is 0 Å². The van der Waals surface area contributed by atoms with E-state index in [4.69, 9.17) is 5.73 Å². The van der Waals surface area contributed by atoms with Crippen LogP contribution in [0.4, 0.5) is 8.78 Å². The number of rotatable bonds is 3. The van der Waals surface area contributed by atoms with Crippen LogP contribution >= 0.6 is 11.3 Å². The van der Waals surface area contributed by atoms with Gasteiger partial charge in [0, 0.05) is 16.5 Å². The summed E-state index contributed by atoms with van der Waals surface area (Å²) in [4.78, 5) is 4.94. The summed E-state index contributed by atoms with van der Waals surface area (Å²) in [7, 11) is 0. The molecular weight excluding hydrogens is 242 g/mol. The summed E-state index contributed by atoms with van der Waals surface area (Å²) in [6.07, 6.45) is 0.140. The number of thiazole rings is 1. The summed E-state index contributed by atoms with van der Waals surface area (Å²) in [5.41, 5.74) is 8.48. The second kappa shape index (κ2) is 4.89. The maximum absolute atomic E-state index is 13.4. The average Bonchev–Trinajstić information content (AvgIpc) is 2.70. The molecule has 1 aromatic heterocycles. The van der Waals surface area contributed by atoms with Crippen molar-refractivity contribution in [1.82, 2.24) is 4.98 Å². The fraction of sp³-hybridized carbons (Fsp3) is 0.250. The van der Waals surface area contributed by atoms with Crippen LogP contribution in [0.15, 0.2) is 23.7 Å². The largest absolute Gasteiger partial charge is 0.323 e. The highest BCUT2D eigenvalue weighted by Crippen LogP contribution is 2.25. The summed E-state index contributed by atoms with van der Waals surface area (Å²) in [6, 6.07) is 3.40. The summed E-state index contributed by atoms with van der Waals surface area (Å²) in [6.45, 7) is 1.84. The number of nitrogens with zero attached hydrogens (tertiary/aromatic N) is 1. The van der Waals surface area contributed by atoms with Gasteiger partial charge in [0.1, 0.15) is 11.6 Å². The molecule has 2 aromatic rings. The van der Waals surface area contributed by atoms with Crippen LogP contribution in [0.5, 0.6) is 0 Å². The van der Waals surface area contributed by atoms with Gasteiger partial charge in [-0.25, -0.2) is 13.8 Å². The first-order chi connectivity index (χ1) is 8.09. The Morgan fingerprint density at radius 1 is 1.35 bits per heavy atom.